The van der Waals surface area contributed by atoms with Crippen molar-refractivity contribution in [3.63, 3.8) is 0 Å². The molecule has 0 bridgehead atoms. The van der Waals surface area contributed by atoms with E-state index in [1.165, 1.54) is 6.26 Å². The van der Waals surface area contributed by atoms with Gasteiger partial charge in [0.1, 0.15) is 0 Å². The Balaban J connectivity index is 2.58. The molecule has 0 fully saturated rings. The summed E-state index contributed by atoms with van der Waals surface area (Å²) in [4.78, 5) is 11.7. The van der Waals surface area contributed by atoms with E-state index >= 15 is 0 Å². The number of nitrogens with one attached hydrogen (secondary N) is 1. The third-order valence-electron chi connectivity index (χ3n) is 2.15. The molecule has 0 saturated carbocycles. The molecule has 0 aliphatic rings. The maximum Gasteiger partial charge on any atom is 0.256 e. The summed E-state index contributed by atoms with van der Waals surface area (Å²) in [6, 6.07) is 1.63. The molecule has 0 saturated heterocycles. The second-order valence-electron chi connectivity index (χ2n) is 3.16. The van der Waals surface area contributed by atoms with Crippen LogP contribution in [0.4, 0.5) is 0 Å². The van der Waals surface area contributed by atoms with Gasteiger partial charge in [-0.05, 0) is 30.5 Å². The molecule has 5 heteroatoms. The molecule has 1 N–H and O–H groups in total. The van der Waals surface area contributed by atoms with Crippen LogP contribution in [0.2, 0.25) is 5.22 Å². The lowest BCUT2D eigenvalue weighted by molar-refractivity contribution is 0.0934. The first-order valence-corrected chi connectivity index (χ1v) is 5.70. The zero-order valence-electron chi connectivity index (χ0n) is 8.43. The largest absolute Gasteiger partial charge is 0.452 e. The summed E-state index contributed by atoms with van der Waals surface area (Å²) in [5.41, 5.74) is 0.365. The fourth-order valence-corrected chi connectivity index (χ4v) is 1.69. The molecule has 1 rings (SSSR count). The molecule has 15 heavy (non-hydrogen) atoms. The van der Waals surface area contributed by atoms with Crippen molar-refractivity contribution in [2.45, 2.75) is 25.8 Å². The van der Waals surface area contributed by atoms with E-state index in [1.54, 1.807) is 6.07 Å². The van der Waals surface area contributed by atoms with Crippen molar-refractivity contribution < 1.29 is 9.21 Å². The summed E-state index contributed by atoms with van der Waals surface area (Å²) in [6.07, 6.45) is 2.98. The van der Waals surface area contributed by atoms with Crippen molar-refractivity contribution >= 4 is 29.1 Å². The van der Waals surface area contributed by atoms with Gasteiger partial charge in [-0.25, -0.2) is 0 Å². The van der Waals surface area contributed by atoms with Crippen LogP contribution in [-0.2, 0) is 0 Å². The van der Waals surface area contributed by atoms with Gasteiger partial charge in [0.15, 0.2) is 0 Å². The molecular formula is C10H13Cl2NO2. The Morgan fingerprint density at radius 2 is 2.40 bits per heavy atom. The average molecular weight is 250 g/mol. The predicted molar refractivity (Wildman–Crippen MR) is 60.6 cm³/mol. The number of halogens is 2. The van der Waals surface area contributed by atoms with Crippen molar-refractivity contribution in [2.75, 3.05) is 5.88 Å². The molecule has 0 radical (unpaired) electrons. The van der Waals surface area contributed by atoms with Crippen LogP contribution in [0.3, 0.4) is 0 Å². The number of hydrogen-bond donors (Lipinski definition) is 1. The zero-order chi connectivity index (χ0) is 11.3. The molecule has 1 amide bonds. The Labute approximate surface area is 98.7 Å². The zero-order valence-corrected chi connectivity index (χ0v) is 9.94. The Bertz CT molecular complexity index is 325. The van der Waals surface area contributed by atoms with E-state index in [-0.39, 0.29) is 17.2 Å². The summed E-state index contributed by atoms with van der Waals surface area (Å²) >= 11 is 11.3. The van der Waals surface area contributed by atoms with Crippen LogP contribution in [0, 0.1) is 0 Å². The van der Waals surface area contributed by atoms with E-state index in [0.29, 0.717) is 11.4 Å². The topological polar surface area (TPSA) is 42.2 Å². The summed E-state index contributed by atoms with van der Waals surface area (Å²) in [5, 5.41) is 2.96. The molecule has 1 aromatic heterocycles. The van der Waals surface area contributed by atoms with Crippen LogP contribution >= 0.6 is 23.2 Å². The van der Waals surface area contributed by atoms with Gasteiger partial charge in [0.25, 0.3) is 5.91 Å². The molecule has 1 aromatic rings. The van der Waals surface area contributed by atoms with Gasteiger partial charge >= 0.3 is 0 Å². The van der Waals surface area contributed by atoms with Crippen molar-refractivity contribution in [2.24, 2.45) is 0 Å². The van der Waals surface area contributed by atoms with Crippen molar-refractivity contribution in [1.82, 2.24) is 5.32 Å². The molecule has 0 aliphatic carbocycles. The van der Waals surface area contributed by atoms with E-state index in [2.05, 4.69) is 5.32 Å². The van der Waals surface area contributed by atoms with Gasteiger partial charge in [0.2, 0.25) is 5.22 Å². The maximum absolute atomic E-state index is 11.7. The highest BCUT2D eigenvalue weighted by Gasteiger charge is 2.16. The SMILES string of the molecule is CCC(CCCl)NC(=O)c1ccoc1Cl. The Kier molecular flexibility index (Phi) is 4.99. The summed E-state index contributed by atoms with van der Waals surface area (Å²) < 4.78 is 4.84. The van der Waals surface area contributed by atoms with Crippen LogP contribution in [0.15, 0.2) is 16.7 Å². The molecule has 0 aromatic carbocycles. The van der Waals surface area contributed by atoms with Gasteiger partial charge < -0.3 is 9.73 Å². The van der Waals surface area contributed by atoms with Gasteiger partial charge in [0, 0.05) is 11.9 Å². The average Bonchev–Trinajstić information content (AvgIpc) is 2.63. The van der Waals surface area contributed by atoms with Crippen LogP contribution in [0.25, 0.3) is 0 Å². The molecule has 1 heterocycles. The third-order valence-corrected chi connectivity index (χ3v) is 2.66. The van der Waals surface area contributed by atoms with Crippen molar-refractivity contribution in [1.29, 1.82) is 0 Å². The lowest BCUT2D eigenvalue weighted by atomic mass is 10.1. The fraction of sp³-hybridized carbons (Fsp3) is 0.500. The first kappa shape index (κ1) is 12.4. The Morgan fingerprint density at radius 1 is 1.67 bits per heavy atom. The Hall–Kier alpha value is -0.670. The Morgan fingerprint density at radius 3 is 2.87 bits per heavy atom. The van der Waals surface area contributed by atoms with Crippen LogP contribution in [0.1, 0.15) is 30.1 Å². The van der Waals surface area contributed by atoms with Gasteiger partial charge in [-0.15, -0.1) is 11.6 Å². The quantitative estimate of drug-likeness (QED) is 0.816. The van der Waals surface area contributed by atoms with E-state index in [4.69, 9.17) is 27.6 Å². The van der Waals surface area contributed by atoms with E-state index < -0.39 is 0 Å². The number of furan rings is 1. The standard InChI is InChI=1S/C10H13Cl2NO2/c1-2-7(3-5-11)13-10(14)8-4-6-15-9(8)12/h4,6-7H,2-3,5H2,1H3,(H,13,14). The number of carbonyl (C=O) groups excluding carboxylic acids is 1. The van der Waals surface area contributed by atoms with E-state index in [9.17, 15) is 4.79 Å². The smallest absolute Gasteiger partial charge is 0.256 e. The molecular weight excluding hydrogens is 237 g/mol. The minimum atomic E-state index is -0.217. The minimum absolute atomic E-state index is 0.0842. The lowest BCUT2D eigenvalue weighted by Crippen LogP contribution is -2.34. The van der Waals surface area contributed by atoms with E-state index in [1.807, 2.05) is 6.92 Å². The van der Waals surface area contributed by atoms with Gasteiger partial charge in [-0.3, -0.25) is 4.79 Å². The molecule has 0 spiro atoms. The lowest BCUT2D eigenvalue weighted by Gasteiger charge is -2.14. The normalized spacial score (nSPS) is 12.5. The fourth-order valence-electron chi connectivity index (χ4n) is 1.23. The summed E-state index contributed by atoms with van der Waals surface area (Å²) in [7, 11) is 0. The van der Waals surface area contributed by atoms with Crippen LogP contribution in [0.5, 0.6) is 0 Å². The maximum atomic E-state index is 11.7. The predicted octanol–water partition coefficient (Wildman–Crippen LogP) is 3.07. The summed E-state index contributed by atoms with van der Waals surface area (Å²) in [5.74, 6) is 0.309. The molecule has 3 nitrogen and oxygen atoms in total. The highest BCUT2D eigenvalue weighted by molar-refractivity contribution is 6.32. The number of amides is 1. The molecule has 1 atom stereocenters. The number of alkyl halides is 1. The second-order valence-corrected chi connectivity index (χ2v) is 3.89. The molecule has 84 valence electrons. The van der Waals surface area contributed by atoms with Crippen molar-refractivity contribution in [3.8, 4) is 0 Å². The minimum Gasteiger partial charge on any atom is -0.452 e. The number of rotatable bonds is 5. The van der Waals surface area contributed by atoms with Crippen LogP contribution in [-0.4, -0.2) is 17.8 Å². The van der Waals surface area contributed by atoms with E-state index in [0.717, 1.165) is 12.8 Å². The first-order valence-electron chi connectivity index (χ1n) is 4.78. The second kappa shape index (κ2) is 6.03. The highest BCUT2D eigenvalue weighted by atomic mass is 35.5. The molecule has 0 aliphatic heterocycles. The monoisotopic (exact) mass is 249 g/mol. The van der Waals surface area contributed by atoms with Gasteiger partial charge in [-0.2, -0.15) is 0 Å². The van der Waals surface area contributed by atoms with Gasteiger partial charge in [0.05, 0.1) is 11.8 Å². The third kappa shape index (κ3) is 3.43. The molecule has 1 unspecified atom stereocenters. The van der Waals surface area contributed by atoms with Crippen molar-refractivity contribution in [3.05, 3.63) is 23.1 Å². The van der Waals surface area contributed by atoms with Gasteiger partial charge in [-0.1, -0.05) is 6.92 Å². The number of carbonyl (C=O) groups is 1. The number of hydrogen-bond acceptors (Lipinski definition) is 2. The van der Waals surface area contributed by atoms with Crippen LogP contribution < -0.4 is 5.32 Å². The highest BCUT2D eigenvalue weighted by Crippen LogP contribution is 2.16. The first-order chi connectivity index (χ1) is 7.19. The summed E-state index contributed by atoms with van der Waals surface area (Å²) in [6.45, 7) is 1.99.